The number of likely N-dealkylation sites (N-methyl/N-ethyl adjacent to an activating group) is 1. The summed E-state index contributed by atoms with van der Waals surface area (Å²) in [6, 6.07) is 10.8. The number of benzene rings is 1. The second-order valence-electron chi connectivity index (χ2n) is 7.22. The Bertz CT molecular complexity index is 464. The number of nitrogens with one attached hydrogen (secondary N) is 1. The first-order valence-electron chi connectivity index (χ1n) is 8.23. The van der Waals surface area contributed by atoms with Crippen LogP contribution in [0, 0.1) is 11.8 Å². The van der Waals surface area contributed by atoms with Crippen molar-refractivity contribution in [3.05, 3.63) is 35.9 Å². The third-order valence-electron chi connectivity index (χ3n) is 5.50. The fraction of sp³-hybridized carbons (Fsp3) is 0.667. The van der Waals surface area contributed by atoms with E-state index in [1.807, 2.05) is 7.05 Å². The highest BCUT2D eigenvalue weighted by molar-refractivity contribution is 5.26. The first-order chi connectivity index (χ1) is 10.1. The number of rotatable bonds is 5. The number of hydrogen-bond donors (Lipinski definition) is 2. The van der Waals surface area contributed by atoms with Gasteiger partial charge in [-0.15, -0.1) is 0 Å². The average molecular weight is 288 g/mol. The van der Waals surface area contributed by atoms with Crippen LogP contribution in [0.3, 0.4) is 0 Å². The number of fused-ring (bicyclic) bond motifs is 1. The van der Waals surface area contributed by atoms with Crippen LogP contribution in [0.5, 0.6) is 0 Å². The largest absolute Gasteiger partial charge is 0.393 e. The summed E-state index contributed by atoms with van der Waals surface area (Å²) in [6.45, 7) is 6.62. The summed E-state index contributed by atoms with van der Waals surface area (Å²) >= 11 is 0. The molecule has 0 aromatic heterocycles. The van der Waals surface area contributed by atoms with Crippen LogP contribution in [0.1, 0.15) is 25.3 Å². The molecule has 116 valence electrons. The van der Waals surface area contributed by atoms with Gasteiger partial charge in [0.25, 0.3) is 0 Å². The van der Waals surface area contributed by atoms with Gasteiger partial charge in [0.15, 0.2) is 0 Å². The average Bonchev–Trinajstić information content (AvgIpc) is 3.02. The zero-order chi connectivity index (χ0) is 14.9. The lowest BCUT2D eigenvalue weighted by atomic mass is 9.81. The Hall–Kier alpha value is -0.900. The summed E-state index contributed by atoms with van der Waals surface area (Å²) in [5.41, 5.74) is 1.52. The molecule has 1 aromatic rings. The molecule has 3 rings (SSSR count). The van der Waals surface area contributed by atoms with Gasteiger partial charge >= 0.3 is 0 Å². The quantitative estimate of drug-likeness (QED) is 0.868. The molecule has 4 atom stereocenters. The highest BCUT2D eigenvalue weighted by Gasteiger charge is 2.43. The van der Waals surface area contributed by atoms with Gasteiger partial charge in [0.2, 0.25) is 0 Å². The van der Waals surface area contributed by atoms with Crippen LogP contribution in [0.25, 0.3) is 0 Å². The Kier molecular flexibility index (Phi) is 4.34. The molecule has 1 saturated carbocycles. The number of aliphatic hydroxyl groups excluding tert-OH is 1. The van der Waals surface area contributed by atoms with E-state index in [-0.39, 0.29) is 11.5 Å². The van der Waals surface area contributed by atoms with Gasteiger partial charge < -0.3 is 15.3 Å². The van der Waals surface area contributed by atoms with E-state index in [0.717, 1.165) is 38.5 Å². The van der Waals surface area contributed by atoms with Crippen molar-refractivity contribution in [2.75, 3.05) is 33.2 Å². The zero-order valence-electron chi connectivity index (χ0n) is 13.3. The van der Waals surface area contributed by atoms with Crippen molar-refractivity contribution in [2.45, 2.75) is 31.3 Å². The molecule has 21 heavy (non-hydrogen) atoms. The molecule has 0 spiro atoms. The van der Waals surface area contributed by atoms with Crippen molar-refractivity contribution in [2.24, 2.45) is 11.8 Å². The number of nitrogens with zero attached hydrogens (tertiary/aromatic N) is 1. The molecular formula is C18H28N2O. The number of likely N-dealkylation sites (tertiary alicyclic amines) is 1. The van der Waals surface area contributed by atoms with Crippen LogP contribution in [-0.4, -0.2) is 49.3 Å². The van der Waals surface area contributed by atoms with E-state index in [0.29, 0.717) is 5.92 Å². The zero-order valence-corrected chi connectivity index (χ0v) is 13.3. The maximum Gasteiger partial charge on any atom is 0.0583 e. The Morgan fingerprint density at radius 3 is 2.67 bits per heavy atom. The second kappa shape index (κ2) is 6.07. The molecule has 3 nitrogen and oxygen atoms in total. The fourth-order valence-electron chi connectivity index (χ4n) is 4.43. The van der Waals surface area contributed by atoms with Gasteiger partial charge in [0.1, 0.15) is 0 Å². The van der Waals surface area contributed by atoms with E-state index in [1.54, 1.807) is 0 Å². The Morgan fingerprint density at radius 2 is 2.00 bits per heavy atom. The van der Waals surface area contributed by atoms with Gasteiger partial charge in [0, 0.05) is 37.5 Å². The molecule has 1 aliphatic heterocycles. The summed E-state index contributed by atoms with van der Waals surface area (Å²) in [5, 5.41) is 13.5. The molecule has 1 aliphatic carbocycles. The normalized spacial score (nSPS) is 32.0. The maximum absolute atomic E-state index is 10.1. The van der Waals surface area contributed by atoms with E-state index in [9.17, 15) is 5.11 Å². The molecule has 0 amide bonds. The van der Waals surface area contributed by atoms with E-state index in [1.165, 1.54) is 12.0 Å². The minimum absolute atomic E-state index is 0.0627. The predicted molar refractivity (Wildman–Crippen MR) is 86.4 cm³/mol. The van der Waals surface area contributed by atoms with Crippen LogP contribution in [0.2, 0.25) is 0 Å². The van der Waals surface area contributed by atoms with Gasteiger partial charge in [-0.3, -0.25) is 0 Å². The van der Waals surface area contributed by atoms with Crippen LogP contribution >= 0.6 is 0 Å². The van der Waals surface area contributed by atoms with Gasteiger partial charge in [-0.25, -0.2) is 0 Å². The van der Waals surface area contributed by atoms with Crippen LogP contribution in [-0.2, 0) is 5.41 Å². The Labute approximate surface area is 128 Å². The van der Waals surface area contributed by atoms with Gasteiger partial charge in [0.05, 0.1) is 6.10 Å². The summed E-state index contributed by atoms with van der Waals surface area (Å²) in [4.78, 5) is 2.57. The molecule has 1 saturated heterocycles. The minimum atomic E-state index is -0.0627. The van der Waals surface area contributed by atoms with Crippen molar-refractivity contribution in [1.29, 1.82) is 0 Å². The molecule has 0 bridgehead atoms. The molecule has 1 heterocycles. The highest BCUT2D eigenvalue weighted by atomic mass is 16.3. The Balaban J connectivity index is 1.72. The van der Waals surface area contributed by atoms with Crippen LogP contribution in [0.15, 0.2) is 30.3 Å². The minimum Gasteiger partial charge on any atom is -0.393 e. The van der Waals surface area contributed by atoms with Crippen molar-refractivity contribution in [3.63, 3.8) is 0 Å². The van der Waals surface area contributed by atoms with Crippen LogP contribution < -0.4 is 5.32 Å². The van der Waals surface area contributed by atoms with Gasteiger partial charge in [-0.05, 0) is 31.4 Å². The summed E-state index contributed by atoms with van der Waals surface area (Å²) in [7, 11) is 2.03. The van der Waals surface area contributed by atoms with E-state index < -0.39 is 0 Å². The molecular weight excluding hydrogens is 260 g/mol. The first-order valence-corrected chi connectivity index (χ1v) is 8.23. The number of hydrogen-bond acceptors (Lipinski definition) is 3. The standard InChI is InChI=1S/C18H28N2O/c1-18(12-19-2,15-6-4-3-5-7-15)13-20-10-14-8-9-17(21)16(14)11-20/h3-7,14,16-17,19,21H,8-13H2,1-2H3. The second-order valence-corrected chi connectivity index (χ2v) is 7.22. The summed E-state index contributed by atoms with van der Waals surface area (Å²) < 4.78 is 0. The topological polar surface area (TPSA) is 35.5 Å². The number of aliphatic hydroxyl groups is 1. The summed E-state index contributed by atoms with van der Waals surface area (Å²) in [5.74, 6) is 1.23. The van der Waals surface area contributed by atoms with Gasteiger partial charge in [-0.1, -0.05) is 37.3 Å². The smallest absolute Gasteiger partial charge is 0.0583 e. The third-order valence-corrected chi connectivity index (χ3v) is 5.50. The van der Waals surface area contributed by atoms with E-state index in [2.05, 4.69) is 47.5 Å². The highest BCUT2D eigenvalue weighted by Crippen LogP contribution is 2.39. The van der Waals surface area contributed by atoms with E-state index in [4.69, 9.17) is 0 Å². The lowest BCUT2D eigenvalue weighted by Crippen LogP contribution is -2.44. The molecule has 2 aliphatic rings. The third kappa shape index (κ3) is 3.01. The van der Waals surface area contributed by atoms with Gasteiger partial charge in [-0.2, -0.15) is 0 Å². The predicted octanol–water partition coefficient (Wildman–Crippen LogP) is 1.87. The fourth-order valence-corrected chi connectivity index (χ4v) is 4.43. The molecule has 4 unspecified atom stereocenters. The Morgan fingerprint density at radius 1 is 1.24 bits per heavy atom. The van der Waals surface area contributed by atoms with Crippen molar-refractivity contribution in [1.82, 2.24) is 10.2 Å². The lowest BCUT2D eigenvalue weighted by Gasteiger charge is -2.35. The van der Waals surface area contributed by atoms with Crippen molar-refractivity contribution >= 4 is 0 Å². The lowest BCUT2D eigenvalue weighted by molar-refractivity contribution is 0.121. The molecule has 2 fully saturated rings. The molecule has 2 N–H and O–H groups in total. The molecule has 3 heteroatoms. The maximum atomic E-state index is 10.1. The SMILES string of the molecule is CNCC(C)(CN1CC2CCC(O)C2C1)c1ccccc1. The molecule has 0 radical (unpaired) electrons. The first kappa shape index (κ1) is 15.0. The van der Waals surface area contributed by atoms with Crippen molar-refractivity contribution < 1.29 is 5.11 Å². The van der Waals surface area contributed by atoms with Crippen LogP contribution in [0.4, 0.5) is 0 Å². The molecule has 1 aromatic carbocycles. The summed E-state index contributed by atoms with van der Waals surface area (Å²) in [6.07, 6.45) is 2.15. The van der Waals surface area contributed by atoms with E-state index >= 15 is 0 Å². The van der Waals surface area contributed by atoms with Crippen molar-refractivity contribution in [3.8, 4) is 0 Å². The monoisotopic (exact) mass is 288 g/mol.